The second-order valence-electron chi connectivity index (χ2n) is 14.2. The van der Waals surface area contributed by atoms with Crippen LogP contribution in [0.25, 0.3) is 11.0 Å². The van der Waals surface area contributed by atoms with Crippen molar-refractivity contribution in [3.63, 3.8) is 0 Å². The molecule has 1 aliphatic carbocycles. The molecule has 0 atom stereocenters. The fourth-order valence-electron chi connectivity index (χ4n) is 8.62. The molecule has 15 nitrogen and oxygen atoms in total. The summed E-state index contributed by atoms with van der Waals surface area (Å²) in [4.78, 5) is 52.6. The Morgan fingerprint density at radius 3 is 2.47 bits per heavy atom. The molecule has 4 heterocycles. The van der Waals surface area contributed by atoms with Crippen LogP contribution in [0.5, 0.6) is 11.5 Å². The van der Waals surface area contributed by atoms with Crippen LogP contribution in [0.2, 0.25) is 0 Å². The number of carbonyl (C=O) groups is 2. The van der Waals surface area contributed by atoms with Gasteiger partial charge in [0.25, 0.3) is 5.69 Å². The van der Waals surface area contributed by atoms with Crippen molar-refractivity contribution in [2.45, 2.75) is 57.5 Å². The monoisotopic (exact) mass is 725 g/mol. The second kappa shape index (κ2) is 15.3. The summed E-state index contributed by atoms with van der Waals surface area (Å²) in [6.45, 7) is 6.59. The van der Waals surface area contributed by atoms with Gasteiger partial charge in [-0.3, -0.25) is 24.6 Å². The van der Waals surface area contributed by atoms with E-state index in [1.54, 1.807) is 50.2 Å². The van der Waals surface area contributed by atoms with Gasteiger partial charge in [0, 0.05) is 70.3 Å². The van der Waals surface area contributed by atoms with E-state index in [9.17, 15) is 19.7 Å². The first-order valence-corrected chi connectivity index (χ1v) is 18.4. The fraction of sp³-hybridized carbons (Fsp3) is 0.500. The Balaban J connectivity index is 1.02. The number of nitrogens with one attached hydrogen (secondary N) is 1. The van der Waals surface area contributed by atoms with E-state index in [0.29, 0.717) is 43.9 Å². The van der Waals surface area contributed by atoms with Gasteiger partial charge >= 0.3 is 0 Å². The number of amides is 2. The van der Waals surface area contributed by atoms with E-state index in [1.807, 2.05) is 4.90 Å². The van der Waals surface area contributed by atoms with E-state index in [0.717, 1.165) is 74.3 Å². The largest absolute Gasteiger partial charge is 0.493 e. The lowest BCUT2D eigenvalue weighted by atomic mass is 9.68. The van der Waals surface area contributed by atoms with Crippen LogP contribution in [0.3, 0.4) is 0 Å². The molecule has 53 heavy (non-hydrogen) atoms. The van der Waals surface area contributed by atoms with Gasteiger partial charge in [-0.05, 0) is 61.8 Å². The lowest BCUT2D eigenvalue weighted by Crippen LogP contribution is -2.55. The summed E-state index contributed by atoms with van der Waals surface area (Å²) in [5.41, 5.74) is 3.51. The molecule has 0 unspecified atom stereocenters. The molecular formula is C38H47N9O6. The van der Waals surface area contributed by atoms with Crippen LogP contribution in [-0.4, -0.2) is 106 Å². The molecule has 2 aliphatic heterocycles. The number of para-hydroxylation sites is 1. The smallest absolute Gasteiger partial charge is 0.274 e. The maximum atomic E-state index is 14.0. The van der Waals surface area contributed by atoms with Gasteiger partial charge in [-0.1, -0.05) is 18.2 Å². The molecule has 2 fully saturated rings. The van der Waals surface area contributed by atoms with E-state index in [1.165, 1.54) is 23.5 Å². The molecule has 280 valence electrons. The number of aromatic nitrogens is 4. The average molecular weight is 726 g/mol. The van der Waals surface area contributed by atoms with Crippen molar-refractivity contribution in [1.29, 1.82) is 0 Å². The summed E-state index contributed by atoms with van der Waals surface area (Å²) < 4.78 is 13.1. The minimum absolute atomic E-state index is 0.0178. The van der Waals surface area contributed by atoms with Gasteiger partial charge in [-0.15, -0.1) is 0 Å². The molecule has 1 spiro atoms. The number of methoxy groups -OCH3 is 2. The highest BCUT2D eigenvalue weighted by Gasteiger charge is 2.47. The van der Waals surface area contributed by atoms with Gasteiger partial charge < -0.3 is 24.6 Å². The molecule has 0 bridgehead atoms. The number of piperazine rings is 1. The maximum Gasteiger partial charge on any atom is 0.274 e. The number of fused-ring (bicyclic) bond motifs is 3. The Bertz CT molecular complexity index is 1980. The fourth-order valence-corrected chi connectivity index (χ4v) is 8.62. The summed E-state index contributed by atoms with van der Waals surface area (Å²) in [6.07, 6.45) is 8.28. The molecule has 7 rings (SSSR count). The van der Waals surface area contributed by atoms with E-state index in [-0.39, 0.29) is 40.4 Å². The van der Waals surface area contributed by atoms with Crippen LogP contribution in [0.15, 0.2) is 48.9 Å². The van der Waals surface area contributed by atoms with Crippen molar-refractivity contribution in [3.05, 3.63) is 75.7 Å². The zero-order valence-electron chi connectivity index (χ0n) is 30.6. The van der Waals surface area contributed by atoms with Gasteiger partial charge in [-0.2, -0.15) is 5.10 Å². The number of rotatable bonds is 11. The predicted molar refractivity (Wildman–Crippen MR) is 198 cm³/mol. The minimum Gasteiger partial charge on any atom is -0.493 e. The molecule has 1 N–H and O–H groups in total. The van der Waals surface area contributed by atoms with Gasteiger partial charge in [-0.25, -0.2) is 14.6 Å². The van der Waals surface area contributed by atoms with Crippen LogP contribution in [0.4, 0.5) is 11.5 Å². The normalized spacial score (nSPS) is 20.3. The summed E-state index contributed by atoms with van der Waals surface area (Å²) in [5.74, 6) is 2.34. The van der Waals surface area contributed by atoms with Crippen LogP contribution in [0, 0.1) is 16.0 Å². The van der Waals surface area contributed by atoms with E-state index < -0.39 is 0 Å². The topological polar surface area (TPSA) is 161 Å². The number of nitrogens with zero attached hydrogens (tertiary/aromatic N) is 8. The Labute approximate surface area is 308 Å². The van der Waals surface area contributed by atoms with Crippen LogP contribution < -0.4 is 19.7 Å². The highest BCUT2D eigenvalue weighted by atomic mass is 16.6. The second-order valence-corrected chi connectivity index (χ2v) is 14.2. The predicted octanol–water partition coefficient (Wildman–Crippen LogP) is 3.92. The van der Waals surface area contributed by atoms with Gasteiger partial charge in [0.1, 0.15) is 12.1 Å². The molecule has 0 radical (unpaired) electrons. The number of hydrogen-bond acceptors (Lipinski definition) is 11. The SMILES string of the molecule is COc1cc2c(cc1OC)C1(CCC(C(=O)N3CCN(c4ncnc5c4cnn5Cc4ccccc4[N+](=O)[O-])CC3)CC1)N(CCCNC(C)=O)CC2. The minimum atomic E-state index is -0.384. The number of nitro benzene ring substituents is 1. The van der Waals surface area contributed by atoms with Crippen molar-refractivity contribution >= 4 is 34.4 Å². The molecule has 2 amide bonds. The van der Waals surface area contributed by atoms with Crippen molar-refractivity contribution in [2.75, 3.05) is 64.9 Å². The Morgan fingerprint density at radius 2 is 1.75 bits per heavy atom. The van der Waals surface area contributed by atoms with Gasteiger partial charge in [0.05, 0.1) is 42.8 Å². The van der Waals surface area contributed by atoms with Gasteiger partial charge in [0.2, 0.25) is 11.8 Å². The lowest BCUT2D eigenvalue weighted by Gasteiger charge is -2.52. The highest BCUT2D eigenvalue weighted by Crippen LogP contribution is 2.50. The Hall–Kier alpha value is -5.31. The Morgan fingerprint density at radius 1 is 1.02 bits per heavy atom. The molecule has 2 aromatic heterocycles. The zero-order valence-corrected chi connectivity index (χ0v) is 30.6. The van der Waals surface area contributed by atoms with E-state index in [2.05, 4.69) is 42.3 Å². The Kier molecular flexibility index (Phi) is 10.4. The third-order valence-corrected chi connectivity index (χ3v) is 11.3. The van der Waals surface area contributed by atoms with Crippen LogP contribution in [-0.2, 0) is 28.1 Å². The third kappa shape index (κ3) is 7.09. The summed E-state index contributed by atoms with van der Waals surface area (Å²) >= 11 is 0. The summed E-state index contributed by atoms with van der Waals surface area (Å²) in [6, 6.07) is 10.9. The molecule has 2 aromatic carbocycles. The van der Waals surface area contributed by atoms with Gasteiger partial charge in [0.15, 0.2) is 17.1 Å². The third-order valence-electron chi connectivity index (χ3n) is 11.3. The number of ether oxygens (including phenoxy) is 2. The summed E-state index contributed by atoms with van der Waals surface area (Å²) in [7, 11) is 3.34. The first-order chi connectivity index (χ1) is 25.7. The number of hydrogen-bond donors (Lipinski definition) is 1. The average Bonchev–Trinajstić information content (AvgIpc) is 3.59. The van der Waals surface area contributed by atoms with Crippen molar-refractivity contribution in [2.24, 2.45) is 5.92 Å². The first kappa shape index (κ1) is 36.1. The number of carbonyl (C=O) groups excluding carboxylic acids is 2. The first-order valence-electron chi connectivity index (χ1n) is 18.4. The molecule has 4 aromatic rings. The number of nitro groups is 1. The molecule has 1 saturated heterocycles. The molecular weight excluding hydrogens is 678 g/mol. The van der Waals surface area contributed by atoms with Crippen molar-refractivity contribution in [3.8, 4) is 11.5 Å². The van der Waals surface area contributed by atoms with E-state index >= 15 is 0 Å². The molecule has 15 heteroatoms. The maximum absolute atomic E-state index is 14.0. The lowest BCUT2D eigenvalue weighted by molar-refractivity contribution is -0.385. The van der Waals surface area contributed by atoms with Crippen molar-refractivity contribution in [1.82, 2.24) is 34.9 Å². The number of anilines is 1. The number of benzene rings is 2. The van der Waals surface area contributed by atoms with Crippen LogP contribution in [0.1, 0.15) is 55.7 Å². The molecule has 1 saturated carbocycles. The highest BCUT2D eigenvalue weighted by molar-refractivity contribution is 5.87. The van der Waals surface area contributed by atoms with E-state index in [4.69, 9.17) is 9.47 Å². The zero-order chi connectivity index (χ0) is 37.1. The summed E-state index contributed by atoms with van der Waals surface area (Å²) in [5, 5.41) is 19.8. The standard InChI is InChI=1S/C38H47N9O6/c1-26(48)39-14-6-15-45-16-11-28-21-33(52-2)34(53-3)22-31(28)38(45)12-9-27(10-13-38)37(49)44-19-17-43(18-20-44)35-30-23-42-46(36(30)41-25-40-35)24-29-7-4-5-8-32(29)47(50)51/h4-5,7-8,21-23,25,27H,6,9-20,24H2,1-3H3,(H,39,48). The van der Waals surface area contributed by atoms with Crippen LogP contribution >= 0.6 is 0 Å². The quantitative estimate of drug-likeness (QED) is 0.136. The van der Waals surface area contributed by atoms with Crippen molar-refractivity contribution < 1.29 is 24.0 Å². The molecule has 3 aliphatic rings.